The van der Waals surface area contributed by atoms with E-state index in [1.54, 1.807) is 24.3 Å². The Hall–Kier alpha value is -1.20. The van der Waals surface area contributed by atoms with Gasteiger partial charge in [-0.05, 0) is 30.5 Å². The van der Waals surface area contributed by atoms with Crippen molar-refractivity contribution < 1.29 is 18.3 Å². The summed E-state index contributed by atoms with van der Waals surface area (Å²) in [5.74, 6) is 0.182. The number of rotatable bonds is 3. The maximum atomic E-state index is 12.1. The fourth-order valence-electron chi connectivity index (χ4n) is 3.31. The number of benzene rings is 1. The molecular weight excluding hydrogens is 276 g/mol. The van der Waals surface area contributed by atoms with Gasteiger partial charge in [0.1, 0.15) is 5.75 Å². The normalized spacial score (nSPS) is 25.2. The molecule has 3 rings (SSSR count). The average molecular weight is 297 g/mol. The Kier molecular flexibility index (Phi) is 4.40. The van der Waals surface area contributed by atoms with Crippen LogP contribution in [0.3, 0.4) is 0 Å². The lowest BCUT2D eigenvalue weighted by molar-refractivity contribution is -0.0506. The Morgan fingerprint density at radius 2 is 1.86 bits per heavy atom. The third-order valence-electron chi connectivity index (χ3n) is 4.51. The van der Waals surface area contributed by atoms with E-state index in [1.807, 2.05) is 0 Å². The van der Waals surface area contributed by atoms with Crippen LogP contribution in [0.2, 0.25) is 0 Å². The van der Waals surface area contributed by atoms with Crippen LogP contribution in [0.5, 0.6) is 5.75 Å². The van der Waals surface area contributed by atoms with Crippen molar-refractivity contribution >= 4 is 0 Å². The minimum Gasteiger partial charge on any atom is -0.435 e. The summed E-state index contributed by atoms with van der Waals surface area (Å²) in [6.07, 6.45) is 6.19. The first kappa shape index (κ1) is 14.7. The lowest BCUT2D eigenvalue weighted by Crippen LogP contribution is -2.55. The van der Waals surface area contributed by atoms with Crippen LogP contribution in [0.25, 0.3) is 0 Å². The van der Waals surface area contributed by atoms with Gasteiger partial charge in [0, 0.05) is 12.1 Å². The van der Waals surface area contributed by atoms with E-state index in [9.17, 15) is 8.78 Å². The number of morpholine rings is 1. The zero-order valence-electron chi connectivity index (χ0n) is 12.0. The molecule has 1 aromatic carbocycles. The standard InChI is InChI=1S/C16H21F2NO2/c17-15(18)21-13-6-4-12(5-7-13)14-10-19-16(11-20-14)8-2-1-3-9-16/h4-7,14-15,19H,1-3,8-11H2. The largest absolute Gasteiger partial charge is 0.435 e. The van der Waals surface area contributed by atoms with Crippen molar-refractivity contribution in [3.05, 3.63) is 29.8 Å². The zero-order chi connectivity index (χ0) is 14.7. The van der Waals surface area contributed by atoms with Crippen LogP contribution in [-0.4, -0.2) is 25.3 Å². The van der Waals surface area contributed by atoms with Crippen LogP contribution in [0, 0.1) is 0 Å². The number of nitrogens with one attached hydrogen (secondary N) is 1. The molecule has 0 amide bonds. The fourth-order valence-corrected chi connectivity index (χ4v) is 3.31. The van der Waals surface area contributed by atoms with E-state index in [2.05, 4.69) is 10.1 Å². The molecule has 1 saturated heterocycles. The van der Waals surface area contributed by atoms with Gasteiger partial charge in [0.25, 0.3) is 0 Å². The Morgan fingerprint density at radius 3 is 2.43 bits per heavy atom. The van der Waals surface area contributed by atoms with E-state index in [1.165, 1.54) is 32.1 Å². The molecule has 5 heteroatoms. The first-order valence-corrected chi connectivity index (χ1v) is 7.58. The number of halogens is 2. The lowest BCUT2D eigenvalue weighted by Gasteiger charge is -2.43. The number of alkyl halides is 2. The maximum Gasteiger partial charge on any atom is 0.387 e. The van der Waals surface area contributed by atoms with Crippen molar-refractivity contribution in [2.45, 2.75) is 50.4 Å². The van der Waals surface area contributed by atoms with Crippen molar-refractivity contribution in [3.8, 4) is 5.75 Å². The second-order valence-electron chi connectivity index (χ2n) is 5.97. The van der Waals surface area contributed by atoms with Gasteiger partial charge in [-0.25, -0.2) is 0 Å². The molecule has 1 heterocycles. The van der Waals surface area contributed by atoms with Crippen molar-refractivity contribution in [3.63, 3.8) is 0 Å². The Balaban J connectivity index is 1.58. The lowest BCUT2D eigenvalue weighted by atomic mass is 9.81. The van der Waals surface area contributed by atoms with Gasteiger partial charge in [-0.2, -0.15) is 8.78 Å². The molecule has 0 aromatic heterocycles. The number of ether oxygens (including phenoxy) is 2. The van der Waals surface area contributed by atoms with Crippen molar-refractivity contribution in [1.82, 2.24) is 5.32 Å². The van der Waals surface area contributed by atoms with Crippen molar-refractivity contribution in [2.75, 3.05) is 13.2 Å². The van der Waals surface area contributed by atoms with Gasteiger partial charge in [0.15, 0.2) is 0 Å². The Labute approximate surface area is 123 Å². The predicted molar refractivity (Wildman–Crippen MR) is 75.6 cm³/mol. The molecule has 3 nitrogen and oxygen atoms in total. The van der Waals surface area contributed by atoms with Gasteiger partial charge in [-0.15, -0.1) is 0 Å². The van der Waals surface area contributed by atoms with Crippen LogP contribution in [0.4, 0.5) is 8.78 Å². The van der Waals surface area contributed by atoms with E-state index in [0.717, 1.165) is 18.7 Å². The highest BCUT2D eigenvalue weighted by Gasteiger charge is 2.36. The summed E-state index contributed by atoms with van der Waals surface area (Å²) in [5.41, 5.74) is 1.16. The van der Waals surface area contributed by atoms with Crippen LogP contribution in [-0.2, 0) is 4.74 Å². The van der Waals surface area contributed by atoms with Gasteiger partial charge in [-0.1, -0.05) is 31.4 Å². The van der Waals surface area contributed by atoms with Gasteiger partial charge in [0.05, 0.1) is 12.7 Å². The summed E-state index contributed by atoms with van der Waals surface area (Å²) in [6.45, 7) is -1.28. The van der Waals surface area contributed by atoms with Crippen LogP contribution < -0.4 is 10.1 Å². The summed E-state index contributed by atoms with van der Waals surface area (Å²) in [6, 6.07) is 6.72. The van der Waals surface area contributed by atoms with Gasteiger partial charge in [-0.3, -0.25) is 0 Å². The smallest absolute Gasteiger partial charge is 0.387 e. The summed E-state index contributed by atoms with van der Waals surface area (Å²) in [5, 5.41) is 3.65. The first-order chi connectivity index (χ1) is 10.2. The average Bonchev–Trinajstić information content (AvgIpc) is 2.49. The number of hydrogen-bond acceptors (Lipinski definition) is 3. The molecule has 116 valence electrons. The zero-order valence-corrected chi connectivity index (χ0v) is 12.0. The molecule has 1 aliphatic heterocycles. The van der Waals surface area contributed by atoms with Gasteiger partial charge >= 0.3 is 6.61 Å². The molecule has 1 aromatic rings. The molecule has 1 N–H and O–H groups in total. The summed E-state index contributed by atoms with van der Waals surface area (Å²) < 4.78 is 34.6. The Morgan fingerprint density at radius 1 is 1.14 bits per heavy atom. The van der Waals surface area contributed by atoms with E-state index in [4.69, 9.17) is 4.74 Å². The second kappa shape index (κ2) is 6.28. The molecule has 1 saturated carbocycles. The SMILES string of the molecule is FC(F)Oc1ccc(C2CNC3(CCCCC3)CO2)cc1. The topological polar surface area (TPSA) is 30.5 Å². The molecule has 1 aliphatic carbocycles. The minimum atomic E-state index is -2.78. The quantitative estimate of drug-likeness (QED) is 0.923. The van der Waals surface area contributed by atoms with E-state index in [-0.39, 0.29) is 17.4 Å². The summed E-state index contributed by atoms with van der Waals surface area (Å²) >= 11 is 0. The molecule has 0 bridgehead atoms. The third kappa shape index (κ3) is 3.52. The van der Waals surface area contributed by atoms with Crippen LogP contribution >= 0.6 is 0 Å². The van der Waals surface area contributed by atoms with Gasteiger partial charge < -0.3 is 14.8 Å². The highest BCUT2D eigenvalue weighted by molar-refractivity contribution is 5.29. The fraction of sp³-hybridized carbons (Fsp3) is 0.625. The van der Waals surface area contributed by atoms with Gasteiger partial charge in [0.2, 0.25) is 0 Å². The van der Waals surface area contributed by atoms with Crippen molar-refractivity contribution in [2.24, 2.45) is 0 Å². The Bertz CT molecular complexity index is 448. The highest BCUT2D eigenvalue weighted by atomic mass is 19.3. The molecule has 21 heavy (non-hydrogen) atoms. The molecule has 1 atom stereocenters. The van der Waals surface area contributed by atoms with E-state index in [0.29, 0.717) is 0 Å². The molecule has 2 fully saturated rings. The molecule has 1 unspecified atom stereocenters. The highest BCUT2D eigenvalue weighted by Crippen LogP contribution is 2.34. The van der Waals surface area contributed by atoms with Crippen LogP contribution in [0.15, 0.2) is 24.3 Å². The third-order valence-corrected chi connectivity index (χ3v) is 4.51. The van der Waals surface area contributed by atoms with E-state index < -0.39 is 6.61 Å². The molecule has 2 aliphatic rings. The monoisotopic (exact) mass is 297 g/mol. The first-order valence-electron chi connectivity index (χ1n) is 7.58. The molecular formula is C16H21F2NO2. The number of hydrogen-bond donors (Lipinski definition) is 1. The summed E-state index contributed by atoms with van der Waals surface area (Å²) in [7, 11) is 0. The van der Waals surface area contributed by atoms with Crippen LogP contribution in [0.1, 0.15) is 43.8 Å². The van der Waals surface area contributed by atoms with Crippen molar-refractivity contribution in [1.29, 1.82) is 0 Å². The maximum absolute atomic E-state index is 12.1. The summed E-state index contributed by atoms with van der Waals surface area (Å²) in [4.78, 5) is 0. The molecule has 0 radical (unpaired) electrons. The minimum absolute atomic E-state index is 0.0156. The predicted octanol–water partition coefficient (Wildman–Crippen LogP) is 3.65. The van der Waals surface area contributed by atoms with E-state index >= 15 is 0 Å². The molecule has 1 spiro atoms. The second-order valence-corrected chi connectivity index (χ2v) is 5.97.